The molecule has 0 bridgehead atoms. The number of rotatable bonds is 6. The van der Waals surface area contributed by atoms with Gasteiger partial charge in [-0.3, -0.25) is 0 Å². The van der Waals surface area contributed by atoms with Gasteiger partial charge in [0.05, 0.1) is 12.7 Å². The van der Waals surface area contributed by atoms with Gasteiger partial charge in [-0.2, -0.15) is 0 Å². The van der Waals surface area contributed by atoms with Crippen LogP contribution in [-0.2, 0) is 6.54 Å². The maximum atomic E-state index is 5.23. The van der Waals surface area contributed by atoms with Gasteiger partial charge in [-0.25, -0.2) is 4.98 Å². The molecule has 1 N–H and O–H groups in total. The minimum Gasteiger partial charge on any atom is -0.480 e. The van der Waals surface area contributed by atoms with Crippen LogP contribution in [0.2, 0.25) is 0 Å². The van der Waals surface area contributed by atoms with Crippen molar-refractivity contribution in [2.24, 2.45) is 5.92 Å². The number of hydrogen-bond acceptors (Lipinski definition) is 6. The molecular weight excluding hydrogens is 260 g/mol. The van der Waals surface area contributed by atoms with Crippen LogP contribution in [0.1, 0.15) is 18.9 Å². The second kappa shape index (κ2) is 6.58. The van der Waals surface area contributed by atoms with Crippen LogP contribution in [-0.4, -0.2) is 28.8 Å². The van der Waals surface area contributed by atoms with E-state index in [9.17, 15) is 0 Å². The molecule has 2 rings (SSSR count). The molecule has 2 aromatic rings. The Hall–Kier alpha value is -1.53. The molecule has 102 valence electrons. The van der Waals surface area contributed by atoms with Gasteiger partial charge in [0, 0.05) is 12.7 Å². The highest BCUT2D eigenvalue weighted by atomic mass is 32.1. The van der Waals surface area contributed by atoms with E-state index in [-0.39, 0.29) is 0 Å². The lowest BCUT2D eigenvalue weighted by molar-refractivity contribution is 0.399. The molecule has 0 unspecified atom stereocenters. The molecule has 0 fully saturated rings. The summed E-state index contributed by atoms with van der Waals surface area (Å²) < 4.78 is 5.23. The highest BCUT2D eigenvalue weighted by Gasteiger charge is 2.12. The largest absolute Gasteiger partial charge is 0.480 e. The van der Waals surface area contributed by atoms with Crippen LogP contribution in [0.4, 0.5) is 0 Å². The molecule has 2 heterocycles. The zero-order chi connectivity index (χ0) is 13.7. The van der Waals surface area contributed by atoms with Crippen molar-refractivity contribution >= 4 is 11.3 Å². The van der Waals surface area contributed by atoms with Crippen LogP contribution in [0.3, 0.4) is 0 Å². The number of nitrogens with zero attached hydrogens (tertiary/aromatic N) is 3. The van der Waals surface area contributed by atoms with Gasteiger partial charge >= 0.3 is 0 Å². The van der Waals surface area contributed by atoms with Gasteiger partial charge in [-0.15, -0.1) is 10.2 Å². The van der Waals surface area contributed by atoms with Crippen molar-refractivity contribution in [1.29, 1.82) is 0 Å². The molecule has 0 radical (unpaired) electrons. The minimum atomic E-state index is 0.584. The predicted molar refractivity (Wildman–Crippen MR) is 76.2 cm³/mol. The molecule has 6 heteroatoms. The molecule has 0 aromatic carbocycles. The zero-order valence-electron chi connectivity index (χ0n) is 11.4. The molecule has 19 heavy (non-hydrogen) atoms. The van der Waals surface area contributed by atoms with E-state index in [0.717, 1.165) is 28.7 Å². The number of ether oxygens (including phenoxy) is 1. The summed E-state index contributed by atoms with van der Waals surface area (Å²) in [6.45, 7) is 6.08. The van der Waals surface area contributed by atoms with Gasteiger partial charge in [0.25, 0.3) is 0 Å². The summed E-state index contributed by atoms with van der Waals surface area (Å²) in [6, 6.07) is 3.81. The molecule has 0 saturated carbocycles. The zero-order valence-corrected chi connectivity index (χ0v) is 12.2. The monoisotopic (exact) mass is 278 g/mol. The average Bonchev–Trinajstić information content (AvgIpc) is 2.87. The Kier molecular flexibility index (Phi) is 4.81. The highest BCUT2D eigenvalue weighted by Crippen LogP contribution is 2.29. The molecule has 5 nitrogen and oxygen atoms in total. The Morgan fingerprint density at radius 1 is 1.37 bits per heavy atom. The summed E-state index contributed by atoms with van der Waals surface area (Å²) in [7, 11) is 1.61. The van der Waals surface area contributed by atoms with Crippen LogP contribution in [0.25, 0.3) is 10.6 Å². The van der Waals surface area contributed by atoms with E-state index >= 15 is 0 Å². The normalized spacial score (nSPS) is 10.9. The lowest BCUT2D eigenvalue weighted by Gasteiger charge is -2.04. The van der Waals surface area contributed by atoms with E-state index in [1.165, 1.54) is 0 Å². The van der Waals surface area contributed by atoms with Gasteiger partial charge in [0.15, 0.2) is 5.01 Å². The van der Waals surface area contributed by atoms with Gasteiger partial charge in [0.2, 0.25) is 5.88 Å². The molecule has 0 aliphatic heterocycles. The highest BCUT2D eigenvalue weighted by molar-refractivity contribution is 7.14. The summed E-state index contributed by atoms with van der Waals surface area (Å²) in [5, 5.41) is 13.6. The maximum absolute atomic E-state index is 5.23. The lowest BCUT2D eigenvalue weighted by Crippen LogP contribution is -2.18. The van der Waals surface area contributed by atoms with Crippen molar-refractivity contribution in [3.8, 4) is 16.5 Å². The van der Waals surface area contributed by atoms with E-state index in [0.29, 0.717) is 11.8 Å². The van der Waals surface area contributed by atoms with Crippen LogP contribution >= 0.6 is 11.3 Å². The first kappa shape index (κ1) is 13.9. The van der Waals surface area contributed by atoms with Crippen molar-refractivity contribution < 1.29 is 4.74 Å². The third-order valence-electron chi connectivity index (χ3n) is 2.49. The van der Waals surface area contributed by atoms with Crippen LogP contribution < -0.4 is 10.1 Å². The molecule has 0 amide bonds. The third-order valence-corrected chi connectivity index (χ3v) is 3.45. The summed E-state index contributed by atoms with van der Waals surface area (Å²) in [6.07, 6.45) is 1.70. The fourth-order valence-corrected chi connectivity index (χ4v) is 2.44. The number of pyridine rings is 1. The average molecular weight is 278 g/mol. The molecule has 0 saturated heterocycles. The van der Waals surface area contributed by atoms with Gasteiger partial charge < -0.3 is 10.1 Å². The third kappa shape index (κ3) is 3.71. The Bertz CT molecular complexity index is 527. The first-order valence-electron chi connectivity index (χ1n) is 6.23. The molecule has 0 aliphatic carbocycles. The van der Waals surface area contributed by atoms with Crippen molar-refractivity contribution in [2.45, 2.75) is 20.4 Å². The Morgan fingerprint density at radius 3 is 2.95 bits per heavy atom. The molecular formula is C13H18N4OS. The molecule has 0 aliphatic rings. The fourth-order valence-electron chi connectivity index (χ4n) is 1.62. The van der Waals surface area contributed by atoms with Crippen LogP contribution in [0.15, 0.2) is 18.3 Å². The van der Waals surface area contributed by atoms with Gasteiger partial charge in [-0.1, -0.05) is 25.2 Å². The fraction of sp³-hybridized carbons (Fsp3) is 0.462. The lowest BCUT2D eigenvalue weighted by atomic mass is 10.2. The molecule has 0 atom stereocenters. The summed E-state index contributed by atoms with van der Waals surface area (Å²) in [5.74, 6) is 1.21. The minimum absolute atomic E-state index is 0.584. The number of nitrogens with one attached hydrogen (secondary N) is 1. The van der Waals surface area contributed by atoms with E-state index < -0.39 is 0 Å². The Morgan fingerprint density at radius 2 is 2.21 bits per heavy atom. The Balaban J connectivity index is 2.08. The second-order valence-corrected chi connectivity index (χ2v) is 5.65. The predicted octanol–water partition coefficient (Wildman–Crippen LogP) is 2.35. The summed E-state index contributed by atoms with van der Waals surface area (Å²) in [5.41, 5.74) is 0.887. The van der Waals surface area contributed by atoms with E-state index in [4.69, 9.17) is 4.74 Å². The van der Waals surface area contributed by atoms with Crippen molar-refractivity contribution in [3.63, 3.8) is 0 Å². The first-order valence-corrected chi connectivity index (χ1v) is 7.05. The van der Waals surface area contributed by atoms with E-state index in [1.54, 1.807) is 24.6 Å². The van der Waals surface area contributed by atoms with E-state index in [2.05, 4.69) is 34.3 Å². The topological polar surface area (TPSA) is 59.9 Å². The maximum Gasteiger partial charge on any atom is 0.223 e. The Labute approximate surface area is 117 Å². The first-order chi connectivity index (χ1) is 9.20. The summed E-state index contributed by atoms with van der Waals surface area (Å²) >= 11 is 1.56. The number of hydrogen-bond donors (Lipinski definition) is 1. The van der Waals surface area contributed by atoms with Crippen LogP contribution in [0.5, 0.6) is 5.88 Å². The SMILES string of the molecule is COc1ncccc1-c1nnc(CNCC(C)C)s1. The number of aromatic nitrogens is 3. The second-order valence-electron chi connectivity index (χ2n) is 4.59. The standard InChI is InChI=1S/C13H18N4OS/c1-9(2)7-14-8-11-16-17-13(19-11)10-5-4-6-15-12(10)18-3/h4-6,9,14H,7-8H2,1-3H3. The van der Waals surface area contributed by atoms with Crippen molar-refractivity contribution in [3.05, 3.63) is 23.3 Å². The van der Waals surface area contributed by atoms with Crippen molar-refractivity contribution in [1.82, 2.24) is 20.5 Å². The van der Waals surface area contributed by atoms with E-state index in [1.807, 2.05) is 12.1 Å². The van der Waals surface area contributed by atoms with Gasteiger partial charge in [-0.05, 0) is 24.6 Å². The smallest absolute Gasteiger partial charge is 0.223 e. The number of methoxy groups -OCH3 is 1. The van der Waals surface area contributed by atoms with Crippen molar-refractivity contribution in [2.75, 3.05) is 13.7 Å². The molecule has 2 aromatic heterocycles. The van der Waals surface area contributed by atoms with Gasteiger partial charge in [0.1, 0.15) is 5.01 Å². The summed E-state index contributed by atoms with van der Waals surface area (Å²) in [4.78, 5) is 4.17. The quantitative estimate of drug-likeness (QED) is 0.879. The van der Waals surface area contributed by atoms with Crippen LogP contribution in [0, 0.1) is 5.92 Å². The molecule has 0 spiro atoms.